The molecule has 0 N–H and O–H groups in total. The lowest BCUT2D eigenvalue weighted by Gasteiger charge is -2.21. The number of hydrogen-bond acceptors (Lipinski definition) is 1. The van der Waals surface area contributed by atoms with Crippen LogP contribution in [0.3, 0.4) is 0 Å². The molecule has 2 aromatic heterocycles. The van der Waals surface area contributed by atoms with Crippen molar-refractivity contribution in [2.45, 2.75) is 34.6 Å². The van der Waals surface area contributed by atoms with Gasteiger partial charge in [0, 0.05) is 21.5 Å². The van der Waals surface area contributed by atoms with E-state index in [4.69, 9.17) is 0 Å². The minimum Gasteiger partial charge on any atom is -0.319 e. The molecule has 0 saturated carbocycles. The third-order valence-corrected chi connectivity index (χ3v) is 14.6. The molecular formula is C67H48N4. The van der Waals surface area contributed by atoms with E-state index in [1.165, 1.54) is 44.5 Å². The molecule has 0 bridgehead atoms. The van der Waals surface area contributed by atoms with Crippen molar-refractivity contribution in [3.05, 3.63) is 245 Å². The highest BCUT2D eigenvalue weighted by molar-refractivity contribution is 6.15. The van der Waals surface area contributed by atoms with Gasteiger partial charge < -0.3 is 9.13 Å². The molecule has 4 nitrogen and oxygen atoms in total. The molecule has 0 aliphatic rings. The lowest BCUT2D eigenvalue weighted by atomic mass is 9.97. The zero-order valence-corrected chi connectivity index (χ0v) is 40.3. The Balaban J connectivity index is 1.20. The molecule has 12 rings (SSSR count). The van der Waals surface area contributed by atoms with Crippen molar-refractivity contribution in [3.63, 3.8) is 0 Å². The Morgan fingerprint density at radius 2 is 0.761 bits per heavy atom. The predicted molar refractivity (Wildman–Crippen MR) is 297 cm³/mol. The van der Waals surface area contributed by atoms with Gasteiger partial charge in [-0.25, -0.2) is 4.85 Å². The number of nitriles is 1. The zero-order valence-electron chi connectivity index (χ0n) is 40.3. The molecule has 0 spiro atoms. The average Bonchev–Trinajstić information content (AvgIpc) is 3.89. The minimum absolute atomic E-state index is 0.511. The second-order valence-electron chi connectivity index (χ2n) is 19.0. The third kappa shape index (κ3) is 7.12. The lowest BCUT2D eigenvalue weighted by Crippen LogP contribution is -2.03. The second kappa shape index (κ2) is 17.1. The van der Waals surface area contributed by atoms with Crippen molar-refractivity contribution in [2.75, 3.05) is 0 Å². The second-order valence-corrected chi connectivity index (χ2v) is 19.0. The van der Waals surface area contributed by atoms with Gasteiger partial charge in [0.05, 0.1) is 51.6 Å². The Hall–Kier alpha value is -9.22. The summed E-state index contributed by atoms with van der Waals surface area (Å²) in [5.74, 6) is 0. The van der Waals surface area contributed by atoms with Crippen molar-refractivity contribution in [1.82, 2.24) is 9.13 Å². The summed E-state index contributed by atoms with van der Waals surface area (Å²) in [6.45, 7) is 20.1. The number of benzene rings is 10. The number of nitrogens with zero attached hydrogens (tertiary/aromatic N) is 4. The van der Waals surface area contributed by atoms with Crippen LogP contribution in [0, 0.1) is 52.5 Å². The van der Waals surface area contributed by atoms with Gasteiger partial charge in [-0.3, -0.25) is 0 Å². The van der Waals surface area contributed by atoms with E-state index in [2.05, 4.69) is 236 Å². The molecule has 0 saturated heterocycles. The first-order chi connectivity index (χ1) is 34.7. The summed E-state index contributed by atoms with van der Waals surface area (Å²) in [6.07, 6.45) is 0. The van der Waals surface area contributed by atoms with Crippen LogP contribution >= 0.6 is 0 Å². The van der Waals surface area contributed by atoms with Crippen LogP contribution in [0.5, 0.6) is 0 Å². The van der Waals surface area contributed by atoms with Gasteiger partial charge in [0.2, 0.25) is 5.69 Å². The van der Waals surface area contributed by atoms with Crippen LogP contribution < -0.4 is 0 Å². The molecular weight excluding hydrogens is 861 g/mol. The van der Waals surface area contributed by atoms with E-state index >= 15 is 0 Å². The first kappa shape index (κ1) is 43.1. The number of fused-ring (bicyclic) bond motifs is 6. The standard InChI is InChI=1S/C67H48N4/c1-41-33-46(40-68)35-51(34-41)56-27-32-65(70-61-28-23-47(52-19-11-7-15-42(52)2)36-57(61)58-37-48(24-29-62(58)70)53-20-12-8-16-43(53)3)66(69-6)67(56)71-63-30-25-49(54-21-13-9-17-44(54)4)38-59(63)60-39-50(26-31-64(60)71)55-22-14-10-18-45(55)5/h7-39H,1-5H3. The van der Waals surface area contributed by atoms with Crippen molar-refractivity contribution >= 4 is 49.3 Å². The number of aryl methyl sites for hydroxylation is 5. The quantitative estimate of drug-likeness (QED) is 0.147. The highest BCUT2D eigenvalue weighted by Gasteiger charge is 2.26. The minimum atomic E-state index is 0.511. The van der Waals surface area contributed by atoms with Crippen LogP contribution in [0.1, 0.15) is 33.4 Å². The van der Waals surface area contributed by atoms with E-state index in [0.29, 0.717) is 11.3 Å². The summed E-state index contributed by atoms with van der Waals surface area (Å²) in [6, 6.07) is 74.0. The van der Waals surface area contributed by atoms with Gasteiger partial charge >= 0.3 is 0 Å². The normalized spacial score (nSPS) is 11.4. The van der Waals surface area contributed by atoms with Crippen LogP contribution in [0.2, 0.25) is 0 Å². The van der Waals surface area contributed by atoms with Gasteiger partial charge in [-0.15, -0.1) is 0 Å². The Bertz CT molecular complexity index is 4050. The molecule has 12 aromatic rings. The molecule has 0 aliphatic carbocycles. The van der Waals surface area contributed by atoms with Crippen molar-refractivity contribution < 1.29 is 0 Å². The third-order valence-electron chi connectivity index (χ3n) is 14.6. The maximum absolute atomic E-state index is 10.3. The molecule has 10 aromatic carbocycles. The van der Waals surface area contributed by atoms with Gasteiger partial charge in [-0.1, -0.05) is 133 Å². The monoisotopic (exact) mass is 908 g/mol. The fraction of sp³-hybridized carbons (Fsp3) is 0.0746. The van der Waals surface area contributed by atoms with Crippen LogP contribution in [0.25, 0.3) is 115 Å². The summed E-state index contributed by atoms with van der Waals surface area (Å²) in [5, 5.41) is 14.7. The van der Waals surface area contributed by atoms with E-state index < -0.39 is 0 Å². The fourth-order valence-electron chi connectivity index (χ4n) is 11.1. The molecule has 0 amide bonds. The highest BCUT2D eigenvalue weighted by Crippen LogP contribution is 2.48. The van der Waals surface area contributed by atoms with Crippen LogP contribution in [0.4, 0.5) is 5.69 Å². The average molecular weight is 909 g/mol. The summed E-state index contributed by atoms with van der Waals surface area (Å²) in [4.78, 5) is 4.61. The van der Waals surface area contributed by atoms with Crippen LogP contribution in [-0.4, -0.2) is 9.13 Å². The summed E-state index contributed by atoms with van der Waals surface area (Å²) in [5.41, 5.74) is 23.5. The number of aromatic nitrogens is 2. The van der Waals surface area contributed by atoms with Gasteiger partial charge in [-0.05, 0) is 185 Å². The maximum Gasteiger partial charge on any atom is 0.234 e. The maximum atomic E-state index is 10.3. The molecule has 71 heavy (non-hydrogen) atoms. The van der Waals surface area contributed by atoms with Crippen molar-refractivity contribution in [1.29, 1.82) is 5.26 Å². The molecule has 2 heterocycles. The van der Waals surface area contributed by atoms with E-state index in [1.807, 2.05) is 19.1 Å². The van der Waals surface area contributed by atoms with Gasteiger partial charge in [-0.2, -0.15) is 5.26 Å². The first-order valence-electron chi connectivity index (χ1n) is 24.2. The number of rotatable bonds is 7. The Kier molecular flexibility index (Phi) is 10.4. The summed E-state index contributed by atoms with van der Waals surface area (Å²) >= 11 is 0. The predicted octanol–water partition coefficient (Wildman–Crippen LogP) is 18.2. The van der Waals surface area contributed by atoms with Gasteiger partial charge in [0.15, 0.2) is 0 Å². The molecule has 336 valence electrons. The van der Waals surface area contributed by atoms with Crippen LogP contribution in [-0.2, 0) is 0 Å². The molecule has 0 unspecified atom stereocenters. The number of hydrogen-bond donors (Lipinski definition) is 0. The van der Waals surface area contributed by atoms with Crippen molar-refractivity contribution in [2.24, 2.45) is 0 Å². The Morgan fingerprint density at radius 1 is 0.380 bits per heavy atom. The molecule has 0 fully saturated rings. The first-order valence-corrected chi connectivity index (χ1v) is 24.2. The van der Waals surface area contributed by atoms with E-state index in [0.717, 1.165) is 93.9 Å². The fourth-order valence-corrected chi connectivity index (χ4v) is 11.1. The SMILES string of the molecule is [C-]#[N+]c1c(-n2c3ccc(-c4ccccc4C)cc3c3cc(-c4ccccc4C)ccc32)ccc(-c2cc(C)cc(C#N)c2)c1-n1c2ccc(-c3ccccc3C)cc2c2cc(-c3ccccc3C)ccc21. The summed E-state index contributed by atoms with van der Waals surface area (Å²) < 4.78 is 4.61. The Morgan fingerprint density at radius 3 is 1.13 bits per heavy atom. The van der Waals surface area contributed by atoms with E-state index in [1.54, 1.807) is 0 Å². The molecule has 0 aliphatic heterocycles. The van der Waals surface area contributed by atoms with E-state index in [-0.39, 0.29) is 0 Å². The van der Waals surface area contributed by atoms with Crippen LogP contribution in [0.15, 0.2) is 200 Å². The van der Waals surface area contributed by atoms with Gasteiger partial charge in [0.25, 0.3) is 0 Å². The topological polar surface area (TPSA) is 38.0 Å². The smallest absolute Gasteiger partial charge is 0.234 e. The zero-order chi connectivity index (χ0) is 48.5. The molecule has 0 radical (unpaired) electrons. The van der Waals surface area contributed by atoms with Crippen molar-refractivity contribution in [3.8, 4) is 73.1 Å². The van der Waals surface area contributed by atoms with E-state index in [9.17, 15) is 11.8 Å². The van der Waals surface area contributed by atoms with Gasteiger partial charge in [0.1, 0.15) is 0 Å². The highest BCUT2D eigenvalue weighted by atomic mass is 15.1. The Labute approximate surface area is 414 Å². The lowest BCUT2D eigenvalue weighted by molar-refractivity contribution is 1.14. The molecule has 0 atom stereocenters. The summed E-state index contributed by atoms with van der Waals surface area (Å²) in [7, 11) is 0. The largest absolute Gasteiger partial charge is 0.319 e. The molecule has 4 heteroatoms.